The summed E-state index contributed by atoms with van der Waals surface area (Å²) in [6.07, 6.45) is 1.71. The first-order chi connectivity index (χ1) is 11.3. The number of pyridine rings is 2. The van der Waals surface area contributed by atoms with E-state index < -0.39 is 5.97 Å². The van der Waals surface area contributed by atoms with Gasteiger partial charge in [0, 0.05) is 24.7 Å². The Hall–Kier alpha value is -2.99. The van der Waals surface area contributed by atoms with Gasteiger partial charge >= 0.3 is 5.97 Å². The first-order valence-corrected chi connectivity index (χ1v) is 7.28. The number of hydrogen-bond donors (Lipinski definition) is 2. The molecule has 23 heavy (non-hydrogen) atoms. The SMILES string of the molecule is O=C(ONCCNc1ccccn1)c1ccc2ccccc2n1. The second-order valence-corrected chi connectivity index (χ2v) is 4.81. The molecule has 2 N–H and O–H groups in total. The van der Waals surface area contributed by atoms with Crippen molar-refractivity contribution in [3.63, 3.8) is 0 Å². The summed E-state index contributed by atoms with van der Waals surface area (Å²) in [5, 5.41) is 4.08. The molecule has 0 amide bonds. The number of hydroxylamine groups is 1. The Kier molecular flexibility index (Phi) is 4.76. The van der Waals surface area contributed by atoms with Crippen LogP contribution in [0.15, 0.2) is 60.8 Å². The van der Waals surface area contributed by atoms with Crippen LogP contribution >= 0.6 is 0 Å². The van der Waals surface area contributed by atoms with E-state index in [1.54, 1.807) is 12.3 Å². The molecule has 6 nitrogen and oxygen atoms in total. The number of carbonyl (C=O) groups excluding carboxylic acids is 1. The molecule has 1 aromatic carbocycles. The monoisotopic (exact) mass is 308 g/mol. The maximum Gasteiger partial charge on any atom is 0.375 e. The van der Waals surface area contributed by atoms with Crippen molar-refractivity contribution >= 4 is 22.7 Å². The molecule has 3 aromatic rings. The minimum atomic E-state index is -0.506. The Bertz CT molecular complexity index is 793. The van der Waals surface area contributed by atoms with Crippen LogP contribution in [0.4, 0.5) is 5.82 Å². The summed E-state index contributed by atoms with van der Waals surface area (Å²) in [5.41, 5.74) is 3.66. The van der Waals surface area contributed by atoms with Crippen molar-refractivity contribution in [3.05, 3.63) is 66.5 Å². The number of nitrogens with zero attached hydrogens (tertiary/aromatic N) is 2. The number of aromatic nitrogens is 2. The maximum atomic E-state index is 11.9. The second kappa shape index (κ2) is 7.33. The number of nitrogens with one attached hydrogen (secondary N) is 2. The van der Waals surface area contributed by atoms with Gasteiger partial charge in [-0.3, -0.25) is 0 Å². The van der Waals surface area contributed by atoms with E-state index in [4.69, 9.17) is 4.84 Å². The number of carbonyl (C=O) groups is 1. The van der Waals surface area contributed by atoms with Gasteiger partial charge in [0.2, 0.25) is 0 Å². The van der Waals surface area contributed by atoms with Gasteiger partial charge in [0.25, 0.3) is 0 Å². The van der Waals surface area contributed by atoms with Gasteiger partial charge in [-0.1, -0.05) is 30.3 Å². The summed E-state index contributed by atoms with van der Waals surface area (Å²) >= 11 is 0. The lowest BCUT2D eigenvalue weighted by Crippen LogP contribution is -2.26. The molecule has 0 bridgehead atoms. The van der Waals surface area contributed by atoms with Crippen molar-refractivity contribution in [2.24, 2.45) is 0 Å². The van der Waals surface area contributed by atoms with Crippen LogP contribution in [-0.2, 0) is 4.84 Å². The van der Waals surface area contributed by atoms with Crippen molar-refractivity contribution in [2.45, 2.75) is 0 Å². The Balaban J connectivity index is 1.47. The third kappa shape index (κ3) is 4.02. The topological polar surface area (TPSA) is 76.1 Å². The molecule has 6 heteroatoms. The summed E-state index contributed by atoms with van der Waals surface area (Å²) < 4.78 is 0. The number of rotatable bonds is 6. The summed E-state index contributed by atoms with van der Waals surface area (Å²) in [4.78, 5) is 25.4. The molecule has 3 rings (SSSR count). The molecule has 0 aliphatic rings. The van der Waals surface area contributed by atoms with Crippen LogP contribution in [0.5, 0.6) is 0 Å². The van der Waals surface area contributed by atoms with Crippen LogP contribution in [0, 0.1) is 0 Å². The number of hydrogen-bond acceptors (Lipinski definition) is 6. The average Bonchev–Trinajstić information content (AvgIpc) is 2.61. The smallest absolute Gasteiger partial charge is 0.369 e. The molecule has 0 radical (unpaired) electrons. The van der Waals surface area contributed by atoms with E-state index in [9.17, 15) is 4.79 Å². The Morgan fingerprint density at radius 1 is 1.00 bits per heavy atom. The summed E-state index contributed by atoms with van der Waals surface area (Å²) in [7, 11) is 0. The van der Waals surface area contributed by atoms with Gasteiger partial charge in [-0.05, 0) is 24.3 Å². The lowest BCUT2D eigenvalue weighted by Gasteiger charge is -2.07. The fraction of sp³-hybridized carbons (Fsp3) is 0.118. The highest BCUT2D eigenvalue weighted by Crippen LogP contribution is 2.12. The predicted octanol–water partition coefficient (Wildman–Crippen LogP) is 2.40. The van der Waals surface area contributed by atoms with Crippen LogP contribution in [0.3, 0.4) is 0 Å². The van der Waals surface area contributed by atoms with E-state index in [0.717, 1.165) is 16.7 Å². The zero-order valence-electron chi connectivity index (χ0n) is 12.4. The average molecular weight is 308 g/mol. The molecule has 0 unspecified atom stereocenters. The van der Waals surface area contributed by atoms with Gasteiger partial charge in [-0.15, -0.1) is 0 Å². The van der Waals surface area contributed by atoms with Crippen LogP contribution in [0.1, 0.15) is 10.5 Å². The van der Waals surface area contributed by atoms with E-state index in [0.29, 0.717) is 13.1 Å². The third-order valence-electron chi connectivity index (χ3n) is 3.17. The van der Waals surface area contributed by atoms with Crippen LogP contribution in [-0.4, -0.2) is 29.0 Å². The van der Waals surface area contributed by atoms with Gasteiger partial charge < -0.3 is 10.2 Å². The lowest BCUT2D eigenvalue weighted by molar-refractivity contribution is 0.0256. The van der Waals surface area contributed by atoms with Gasteiger partial charge in [-0.2, -0.15) is 5.48 Å². The Labute approximate surface area is 133 Å². The normalized spacial score (nSPS) is 10.4. The van der Waals surface area contributed by atoms with Gasteiger partial charge in [0.1, 0.15) is 5.82 Å². The van der Waals surface area contributed by atoms with Gasteiger partial charge in [0.05, 0.1) is 5.52 Å². The van der Waals surface area contributed by atoms with Crippen LogP contribution in [0.2, 0.25) is 0 Å². The third-order valence-corrected chi connectivity index (χ3v) is 3.17. The van der Waals surface area contributed by atoms with E-state index in [-0.39, 0.29) is 5.69 Å². The molecule has 0 saturated heterocycles. The maximum absolute atomic E-state index is 11.9. The molecule has 0 aliphatic heterocycles. The van der Waals surface area contributed by atoms with E-state index in [1.807, 2.05) is 48.5 Å². The second-order valence-electron chi connectivity index (χ2n) is 4.81. The van der Waals surface area contributed by atoms with Gasteiger partial charge in [-0.25, -0.2) is 14.8 Å². The number of para-hydroxylation sites is 1. The molecular formula is C17H16N4O2. The summed E-state index contributed by atoms with van der Waals surface area (Å²) in [5.74, 6) is 0.269. The highest BCUT2D eigenvalue weighted by atomic mass is 16.7. The first-order valence-electron chi connectivity index (χ1n) is 7.28. The fourth-order valence-electron chi connectivity index (χ4n) is 2.06. The first kappa shape index (κ1) is 14.9. The van der Waals surface area contributed by atoms with Crippen LogP contribution < -0.4 is 10.8 Å². The van der Waals surface area contributed by atoms with E-state index in [1.165, 1.54) is 0 Å². The Morgan fingerprint density at radius 3 is 2.74 bits per heavy atom. The summed E-state index contributed by atoms with van der Waals surface area (Å²) in [6, 6.07) is 16.7. The molecular weight excluding hydrogens is 292 g/mol. The quantitative estimate of drug-likeness (QED) is 0.538. The van der Waals surface area contributed by atoms with E-state index >= 15 is 0 Å². The largest absolute Gasteiger partial charge is 0.375 e. The number of benzene rings is 1. The molecule has 0 aliphatic carbocycles. The van der Waals surface area contributed by atoms with Crippen LogP contribution in [0.25, 0.3) is 10.9 Å². The Morgan fingerprint density at radius 2 is 1.87 bits per heavy atom. The highest BCUT2D eigenvalue weighted by molar-refractivity contribution is 5.90. The van der Waals surface area contributed by atoms with Crippen molar-refractivity contribution < 1.29 is 9.63 Å². The minimum Gasteiger partial charge on any atom is -0.369 e. The van der Waals surface area contributed by atoms with Crippen molar-refractivity contribution in [1.29, 1.82) is 0 Å². The van der Waals surface area contributed by atoms with Gasteiger partial charge in [0.15, 0.2) is 5.69 Å². The molecule has 116 valence electrons. The zero-order chi connectivity index (χ0) is 15.9. The molecule has 0 atom stereocenters. The zero-order valence-corrected chi connectivity index (χ0v) is 12.4. The molecule has 2 aromatic heterocycles. The number of anilines is 1. The molecule has 2 heterocycles. The molecule has 0 fully saturated rings. The van der Waals surface area contributed by atoms with E-state index in [2.05, 4.69) is 20.8 Å². The van der Waals surface area contributed by atoms with Crippen molar-refractivity contribution in [3.8, 4) is 0 Å². The minimum absolute atomic E-state index is 0.272. The molecule has 0 saturated carbocycles. The summed E-state index contributed by atoms with van der Waals surface area (Å²) in [6.45, 7) is 1.03. The lowest BCUT2D eigenvalue weighted by atomic mass is 10.2. The standard InChI is InChI=1S/C17H16N4O2/c22-17(15-9-8-13-5-1-2-6-14(13)21-15)23-20-12-11-19-16-7-3-4-10-18-16/h1-10,20H,11-12H2,(H,18,19). The number of fused-ring (bicyclic) bond motifs is 1. The fourth-order valence-corrected chi connectivity index (χ4v) is 2.06. The van der Waals surface area contributed by atoms with Crippen molar-refractivity contribution in [1.82, 2.24) is 15.4 Å². The highest BCUT2D eigenvalue weighted by Gasteiger charge is 2.09. The predicted molar refractivity (Wildman–Crippen MR) is 87.9 cm³/mol. The van der Waals surface area contributed by atoms with Crippen molar-refractivity contribution in [2.75, 3.05) is 18.4 Å². The molecule has 0 spiro atoms.